The highest BCUT2D eigenvalue weighted by atomic mass is 16.6. The molecule has 3 atom stereocenters. The first-order chi connectivity index (χ1) is 66.9. The minimum absolute atomic E-state index is 0.0930. The fourth-order valence-corrected chi connectivity index (χ4v) is 9.77. The van der Waals surface area contributed by atoms with E-state index < -0.39 is 331 Å². The lowest BCUT2D eigenvalue weighted by Crippen LogP contribution is -2.50. The smallest absolute Gasteiger partial charge is 0.333 e. The third-order valence-corrected chi connectivity index (χ3v) is 20.5. The van der Waals surface area contributed by atoms with Crippen molar-refractivity contribution in [3.8, 4) is 0 Å². The molecular weight excluding hydrogens is 1930 g/mol. The lowest BCUT2D eigenvalue weighted by Gasteiger charge is -2.36. The number of ether oxygens (including phenoxy) is 22. The first-order valence-electron chi connectivity index (χ1n) is 44.7. The molecule has 0 aliphatic heterocycles. The minimum atomic E-state index is -2.81. The molecule has 0 aliphatic carbocycles. The Morgan fingerprint density at radius 2 is 0.295 bits per heavy atom. The molecule has 0 amide bonds. The van der Waals surface area contributed by atoms with Gasteiger partial charge in [0.2, 0.25) is 0 Å². The number of carbonyl (C=O) groups is 21. The molecular formula is C103H140O43. The highest BCUT2D eigenvalue weighted by Gasteiger charge is 2.52. The molecule has 3 unspecified atom stereocenters. The van der Waals surface area contributed by atoms with Crippen LogP contribution < -0.4 is 0 Å². The SMILES string of the molecule is C=C(C)C(=C)OCC(C)(COC(=O)C(=C)C)C(=O)OCC(C)(COC(=O)C(C)(COC(=O)C(=C)C)COC(=O)C(=C)C)C(=O)OCC(COC(=O)C(COC(=O)C(C)(COC(=O)C(=C)C)COC(=O)C(=C)C)COC(=O)C(C)(COC(=O)C(=C)C)COC(=O)C(=C)C)(COC(=O)C(C)(C)C)COC(=O)C(C)(COC(=O)C(C)(COC(=O)C(=C)C)COC(=O)C(=C)C)COC(=O)C(C)(COC(=O)C(=C)C)COC(=O)C(=C)C. The van der Waals surface area contributed by atoms with E-state index in [0.717, 1.165) is 48.5 Å². The predicted octanol–water partition coefficient (Wildman–Crippen LogP) is 9.54. The summed E-state index contributed by atoms with van der Waals surface area (Å²) in [6.45, 7) is 48.6. The molecule has 0 saturated carbocycles. The van der Waals surface area contributed by atoms with Crippen LogP contribution in [0.25, 0.3) is 0 Å². The van der Waals surface area contributed by atoms with Gasteiger partial charge in [-0.25, -0.2) is 52.7 Å². The highest BCUT2D eigenvalue weighted by Crippen LogP contribution is 2.36. The molecule has 0 heterocycles. The summed E-state index contributed by atoms with van der Waals surface area (Å²) in [5, 5.41) is 0. The topological polar surface area (TPSA) is 562 Å². The van der Waals surface area contributed by atoms with Crippen LogP contribution >= 0.6 is 0 Å². The molecule has 0 fully saturated rings. The molecule has 0 aromatic carbocycles. The molecule has 43 heteroatoms. The van der Waals surface area contributed by atoms with Crippen molar-refractivity contribution in [3.63, 3.8) is 0 Å². The van der Waals surface area contributed by atoms with Gasteiger partial charge < -0.3 is 104 Å². The Morgan fingerprint density at radius 1 is 0.164 bits per heavy atom. The fourth-order valence-electron chi connectivity index (χ4n) is 9.77. The van der Waals surface area contributed by atoms with Crippen LogP contribution in [0.5, 0.6) is 0 Å². The molecule has 0 aromatic rings. The van der Waals surface area contributed by atoms with Gasteiger partial charge >= 0.3 is 125 Å². The normalized spacial score (nSPS) is 12.6. The second kappa shape index (κ2) is 57.7. The van der Waals surface area contributed by atoms with Crippen molar-refractivity contribution in [1.29, 1.82) is 0 Å². The van der Waals surface area contributed by atoms with Crippen molar-refractivity contribution in [2.24, 2.45) is 60.1 Å². The average molecular weight is 2070 g/mol. The maximum atomic E-state index is 16.0. The first-order valence-corrected chi connectivity index (χ1v) is 44.7. The van der Waals surface area contributed by atoms with Gasteiger partial charge in [0.05, 0.1) is 5.41 Å². The van der Waals surface area contributed by atoms with Gasteiger partial charge in [0, 0.05) is 61.3 Å². The number of hydrogen-bond acceptors (Lipinski definition) is 43. The molecule has 0 N–H and O–H groups in total. The summed E-state index contributed by atoms with van der Waals surface area (Å²) in [5.41, 5.74) is -25.2. The van der Waals surface area contributed by atoms with E-state index in [9.17, 15) is 86.3 Å². The quantitative estimate of drug-likeness (QED) is 0.0180. The van der Waals surface area contributed by atoms with Gasteiger partial charge in [-0.3, -0.25) is 47.9 Å². The Morgan fingerprint density at radius 3 is 0.445 bits per heavy atom. The first kappa shape index (κ1) is 131. The van der Waals surface area contributed by atoms with Gasteiger partial charge in [-0.2, -0.15) is 0 Å². The van der Waals surface area contributed by atoms with E-state index in [-0.39, 0.29) is 72.6 Å². The van der Waals surface area contributed by atoms with Gasteiger partial charge in [-0.15, -0.1) is 0 Å². The van der Waals surface area contributed by atoms with Crippen molar-refractivity contribution in [1.82, 2.24) is 0 Å². The maximum Gasteiger partial charge on any atom is 0.333 e. The monoisotopic (exact) mass is 2060 g/mol. The molecule has 0 radical (unpaired) electrons. The van der Waals surface area contributed by atoms with Crippen LogP contribution in [-0.4, -0.2) is 271 Å². The summed E-state index contributed by atoms with van der Waals surface area (Å²) in [6, 6.07) is 0. The van der Waals surface area contributed by atoms with Crippen LogP contribution in [0.4, 0.5) is 0 Å². The van der Waals surface area contributed by atoms with Gasteiger partial charge in [0.15, 0.2) is 0 Å². The van der Waals surface area contributed by atoms with Crippen LogP contribution in [0.1, 0.15) is 159 Å². The zero-order valence-corrected chi connectivity index (χ0v) is 87.9. The zero-order chi connectivity index (χ0) is 113. The lowest BCUT2D eigenvalue weighted by atomic mass is 9.88. The Hall–Kier alpha value is -14.7. The van der Waals surface area contributed by atoms with Crippen molar-refractivity contribution >= 4 is 125 Å². The van der Waals surface area contributed by atoms with E-state index in [1.807, 2.05) is 0 Å². The number of esters is 21. The van der Waals surface area contributed by atoms with Gasteiger partial charge in [0.25, 0.3) is 0 Å². The van der Waals surface area contributed by atoms with Crippen LogP contribution in [0.15, 0.2) is 158 Å². The number of carbonyl (C=O) groups excluding carboxylic acids is 21. The Labute approximate surface area is 849 Å². The Balaban J connectivity index is 10.6. The van der Waals surface area contributed by atoms with Crippen molar-refractivity contribution in [2.75, 3.05) is 145 Å². The number of rotatable bonds is 66. The van der Waals surface area contributed by atoms with Crippen LogP contribution in [0.3, 0.4) is 0 Å². The van der Waals surface area contributed by atoms with Crippen molar-refractivity contribution in [2.45, 2.75) is 159 Å². The summed E-state index contributed by atoms with van der Waals surface area (Å²) in [5.74, 6) is -29.2. The minimum Gasteiger partial charge on any atom is -0.493 e. The van der Waals surface area contributed by atoms with Gasteiger partial charge in [-0.05, 0) is 165 Å². The molecule has 0 saturated heterocycles. The summed E-state index contributed by atoms with van der Waals surface area (Å²) in [6.07, 6.45) is 0. The highest BCUT2D eigenvalue weighted by molar-refractivity contribution is 5.94. The molecule has 43 nitrogen and oxygen atoms in total. The van der Waals surface area contributed by atoms with E-state index in [1.54, 1.807) is 0 Å². The summed E-state index contributed by atoms with van der Waals surface area (Å²) < 4.78 is 124. The summed E-state index contributed by atoms with van der Waals surface area (Å²) >= 11 is 0. The van der Waals surface area contributed by atoms with Crippen molar-refractivity contribution in [3.05, 3.63) is 158 Å². The second-order valence-electron chi connectivity index (χ2n) is 39.2. The maximum absolute atomic E-state index is 16.0. The van der Waals surface area contributed by atoms with Gasteiger partial charge in [0.1, 0.15) is 206 Å². The summed E-state index contributed by atoms with van der Waals surface area (Å²) in [7, 11) is 0. The van der Waals surface area contributed by atoms with E-state index >= 15 is 14.4 Å². The zero-order valence-electron chi connectivity index (χ0n) is 87.9. The van der Waals surface area contributed by atoms with E-state index in [1.165, 1.54) is 111 Å². The molecule has 0 aliphatic rings. The molecule has 0 aromatic heterocycles. The number of allylic oxidation sites excluding steroid dienone is 1. The molecule has 0 rings (SSSR count). The number of hydrogen-bond donors (Lipinski definition) is 0. The fraction of sp³-hybridized carbons (Fsp3) is 0.544. The van der Waals surface area contributed by atoms with Crippen molar-refractivity contribution < 1.29 is 205 Å². The molecule has 810 valence electrons. The standard InChI is InChI=1S/C103H140O43/c1-59(2)71(25)127-39-95(29,40-128-73(104)60(3)4)88(119)140-51-101(35,52-141-89(120)98(32,45-133-78(109)65(13)14)46-134-79(110)66(15)16)92(123)145-57-103(56-144-85(116)94(26,27)28,55-139-84(115)72(37-125-86(117)96(30,41-129-74(105)61(5)6)42-130-75(106)62(7)8)38-126-87(118)97(31,43-131-76(107)63(9)10)44-132-77(108)64(11)12)58-146-93(124)102(36,53-142-90(121)99(33,47-135-80(111)67(17)18)48-136-81(112)68(19)20)54-143-91(122)100(34,49-137-82(113)69(21)22)50-138-83(114)70(23)24/h72H,1,3,5,7,9,11,13,15,17,19,21,23,25,37-58H2,2,4,6,8,10,12,14,16,18,20,22,24,26-36H3. The van der Waals surface area contributed by atoms with Crippen LogP contribution in [0, 0.1) is 60.1 Å². The lowest BCUT2D eigenvalue weighted by molar-refractivity contribution is -0.189. The largest absolute Gasteiger partial charge is 0.493 e. The van der Waals surface area contributed by atoms with E-state index in [4.69, 9.17) is 104 Å². The third kappa shape index (κ3) is 43.5. The van der Waals surface area contributed by atoms with Gasteiger partial charge in [-0.1, -0.05) is 85.5 Å². The summed E-state index contributed by atoms with van der Waals surface area (Å²) in [4.78, 5) is 294. The third-order valence-electron chi connectivity index (χ3n) is 20.5. The molecule has 0 spiro atoms. The second-order valence-corrected chi connectivity index (χ2v) is 39.2. The molecule has 0 bridgehead atoms. The van der Waals surface area contributed by atoms with E-state index in [2.05, 4.69) is 85.5 Å². The molecule has 146 heavy (non-hydrogen) atoms. The van der Waals surface area contributed by atoms with Crippen LogP contribution in [0.2, 0.25) is 0 Å². The van der Waals surface area contributed by atoms with Crippen LogP contribution in [-0.2, 0) is 205 Å². The Kier molecular flexibility index (Phi) is 51.9. The predicted molar refractivity (Wildman–Crippen MR) is 513 cm³/mol. The Bertz CT molecular complexity index is 4480. The van der Waals surface area contributed by atoms with E-state index in [0.29, 0.717) is 0 Å². The average Bonchev–Trinajstić information content (AvgIpc) is 0.806.